The molecule has 2 heterocycles. The third-order valence-electron chi connectivity index (χ3n) is 4.83. The van der Waals surface area contributed by atoms with E-state index in [0.717, 1.165) is 47.8 Å². The summed E-state index contributed by atoms with van der Waals surface area (Å²) in [7, 11) is 0. The van der Waals surface area contributed by atoms with Gasteiger partial charge in [0.25, 0.3) is 0 Å². The number of nitrogens with one attached hydrogen (secondary N) is 1. The van der Waals surface area contributed by atoms with Gasteiger partial charge in [-0.25, -0.2) is 4.98 Å². The first-order chi connectivity index (χ1) is 12.7. The summed E-state index contributed by atoms with van der Waals surface area (Å²) in [4.78, 5) is 21.0. The Bertz CT molecular complexity index is 929. The third-order valence-corrected chi connectivity index (χ3v) is 5.83. The highest BCUT2D eigenvalue weighted by Gasteiger charge is 2.20. The number of amides is 1. The van der Waals surface area contributed by atoms with Crippen LogP contribution >= 0.6 is 11.3 Å². The monoisotopic (exact) mass is 365 g/mol. The molecule has 0 spiro atoms. The zero-order chi connectivity index (χ0) is 17.9. The van der Waals surface area contributed by atoms with Crippen molar-refractivity contribution in [3.63, 3.8) is 0 Å². The van der Waals surface area contributed by atoms with Crippen LogP contribution in [0.4, 0.5) is 5.13 Å². The second-order valence-corrected chi connectivity index (χ2v) is 7.86. The lowest BCUT2D eigenvalue weighted by atomic mass is 10.0. The molecule has 2 aromatic carbocycles. The quantitative estimate of drug-likeness (QED) is 0.735. The summed E-state index contributed by atoms with van der Waals surface area (Å²) < 4.78 is 0. The van der Waals surface area contributed by atoms with Crippen molar-refractivity contribution in [2.24, 2.45) is 0 Å². The van der Waals surface area contributed by atoms with E-state index in [2.05, 4.69) is 40.3 Å². The van der Waals surface area contributed by atoms with Gasteiger partial charge in [0.2, 0.25) is 5.91 Å². The van der Waals surface area contributed by atoms with Crippen LogP contribution in [0.1, 0.15) is 29.5 Å². The molecule has 4 nitrogen and oxygen atoms in total. The molecule has 26 heavy (non-hydrogen) atoms. The fraction of sp³-hybridized carbons (Fsp3) is 0.333. The molecule has 1 aliphatic rings. The maximum absolute atomic E-state index is 12.6. The Labute approximate surface area is 157 Å². The zero-order valence-electron chi connectivity index (χ0n) is 15.0. The molecule has 0 saturated heterocycles. The van der Waals surface area contributed by atoms with Crippen LogP contribution in [-0.4, -0.2) is 28.9 Å². The summed E-state index contributed by atoms with van der Waals surface area (Å²) in [6.07, 6.45) is 2.52. The molecule has 4 rings (SSSR count). The molecule has 0 bridgehead atoms. The number of aromatic nitrogens is 1. The largest absolute Gasteiger partial charge is 0.302 e. The lowest BCUT2D eigenvalue weighted by Gasteiger charge is -2.24. The van der Waals surface area contributed by atoms with Gasteiger partial charge in [-0.1, -0.05) is 49.4 Å². The molecule has 1 N–H and O–H groups in total. The molecule has 0 radical (unpaired) electrons. The summed E-state index contributed by atoms with van der Waals surface area (Å²) in [5.74, 6) is -0.00198. The number of carbonyl (C=O) groups excluding carboxylic acids is 1. The van der Waals surface area contributed by atoms with Crippen LogP contribution in [0.3, 0.4) is 0 Å². The van der Waals surface area contributed by atoms with E-state index in [1.807, 2.05) is 24.3 Å². The van der Waals surface area contributed by atoms with E-state index in [-0.39, 0.29) is 5.91 Å². The maximum Gasteiger partial charge on any atom is 0.230 e. The molecule has 1 aliphatic heterocycles. The lowest BCUT2D eigenvalue weighted by molar-refractivity contribution is -0.115. The normalized spacial score (nSPS) is 14.3. The lowest BCUT2D eigenvalue weighted by Crippen LogP contribution is -2.30. The highest BCUT2D eigenvalue weighted by Crippen LogP contribution is 2.28. The summed E-state index contributed by atoms with van der Waals surface area (Å²) in [5.41, 5.74) is 2.21. The second kappa shape index (κ2) is 7.56. The smallest absolute Gasteiger partial charge is 0.230 e. The van der Waals surface area contributed by atoms with Gasteiger partial charge in [-0.05, 0) is 29.3 Å². The molecule has 1 amide bonds. The zero-order valence-corrected chi connectivity index (χ0v) is 15.8. The van der Waals surface area contributed by atoms with Crippen molar-refractivity contribution in [1.82, 2.24) is 9.88 Å². The van der Waals surface area contributed by atoms with Crippen molar-refractivity contribution in [3.05, 3.63) is 58.6 Å². The standard InChI is InChI=1S/C21H23N3OS/c1-2-11-24-12-10-18-19(14-24)26-21(22-18)23-20(25)13-16-8-5-7-15-6-3-4-9-17(15)16/h3-9H,2,10-14H2,1H3,(H,22,23,25). The van der Waals surface area contributed by atoms with E-state index < -0.39 is 0 Å². The number of hydrogen-bond acceptors (Lipinski definition) is 4. The molecular formula is C21H23N3OS. The maximum atomic E-state index is 12.6. The number of benzene rings is 2. The van der Waals surface area contributed by atoms with Crippen LogP contribution in [0.5, 0.6) is 0 Å². The molecule has 5 heteroatoms. The number of carbonyl (C=O) groups is 1. The van der Waals surface area contributed by atoms with Crippen LogP contribution in [-0.2, 0) is 24.2 Å². The fourth-order valence-electron chi connectivity index (χ4n) is 3.59. The van der Waals surface area contributed by atoms with Gasteiger partial charge in [-0.15, -0.1) is 11.3 Å². The Hall–Kier alpha value is -2.24. The van der Waals surface area contributed by atoms with Crippen molar-refractivity contribution in [2.45, 2.75) is 32.7 Å². The average Bonchev–Trinajstić information content (AvgIpc) is 3.03. The topological polar surface area (TPSA) is 45.2 Å². The molecule has 0 fully saturated rings. The fourth-order valence-corrected chi connectivity index (χ4v) is 4.66. The minimum absolute atomic E-state index is 0.00198. The van der Waals surface area contributed by atoms with E-state index in [9.17, 15) is 4.79 Å². The molecule has 0 saturated carbocycles. The Morgan fingerprint density at radius 1 is 1.23 bits per heavy atom. The van der Waals surface area contributed by atoms with E-state index >= 15 is 0 Å². The Morgan fingerprint density at radius 3 is 2.96 bits per heavy atom. The molecule has 1 aromatic heterocycles. The van der Waals surface area contributed by atoms with E-state index in [1.165, 1.54) is 16.7 Å². The second-order valence-electron chi connectivity index (χ2n) is 6.78. The van der Waals surface area contributed by atoms with E-state index in [4.69, 9.17) is 0 Å². The number of fused-ring (bicyclic) bond motifs is 2. The summed E-state index contributed by atoms with van der Waals surface area (Å²) in [5, 5.41) is 6.05. The van der Waals surface area contributed by atoms with Crippen LogP contribution in [0.25, 0.3) is 10.8 Å². The van der Waals surface area contributed by atoms with Crippen molar-refractivity contribution in [2.75, 3.05) is 18.4 Å². The highest BCUT2D eigenvalue weighted by atomic mass is 32.1. The Morgan fingerprint density at radius 2 is 2.08 bits per heavy atom. The number of hydrogen-bond donors (Lipinski definition) is 1. The first kappa shape index (κ1) is 17.2. The summed E-state index contributed by atoms with van der Waals surface area (Å²) in [6, 6.07) is 14.3. The third kappa shape index (κ3) is 3.64. The number of anilines is 1. The number of rotatable bonds is 5. The van der Waals surface area contributed by atoms with Gasteiger partial charge in [-0.2, -0.15) is 0 Å². The SMILES string of the molecule is CCCN1CCc2nc(NC(=O)Cc3cccc4ccccc34)sc2C1. The molecule has 0 unspecified atom stereocenters. The molecular weight excluding hydrogens is 342 g/mol. The average molecular weight is 366 g/mol. The molecule has 134 valence electrons. The summed E-state index contributed by atoms with van der Waals surface area (Å²) >= 11 is 1.62. The Balaban J connectivity index is 1.46. The van der Waals surface area contributed by atoms with Crippen LogP contribution in [0, 0.1) is 0 Å². The van der Waals surface area contributed by atoms with Crippen LogP contribution in [0.15, 0.2) is 42.5 Å². The minimum atomic E-state index is -0.00198. The minimum Gasteiger partial charge on any atom is -0.302 e. The van der Waals surface area contributed by atoms with Crippen molar-refractivity contribution in [1.29, 1.82) is 0 Å². The summed E-state index contributed by atoms with van der Waals surface area (Å²) in [6.45, 7) is 5.36. The molecule has 0 atom stereocenters. The number of nitrogens with zero attached hydrogens (tertiary/aromatic N) is 2. The van der Waals surface area contributed by atoms with Gasteiger partial charge < -0.3 is 5.32 Å². The van der Waals surface area contributed by atoms with Crippen molar-refractivity contribution >= 4 is 33.1 Å². The van der Waals surface area contributed by atoms with Gasteiger partial charge in [0.1, 0.15) is 0 Å². The van der Waals surface area contributed by atoms with Gasteiger partial charge >= 0.3 is 0 Å². The van der Waals surface area contributed by atoms with Crippen LogP contribution in [0.2, 0.25) is 0 Å². The van der Waals surface area contributed by atoms with E-state index in [0.29, 0.717) is 6.42 Å². The predicted octanol–water partition coefficient (Wildman–Crippen LogP) is 4.25. The highest BCUT2D eigenvalue weighted by molar-refractivity contribution is 7.15. The van der Waals surface area contributed by atoms with Gasteiger partial charge in [0.05, 0.1) is 12.1 Å². The molecule has 3 aromatic rings. The van der Waals surface area contributed by atoms with Crippen molar-refractivity contribution in [3.8, 4) is 0 Å². The van der Waals surface area contributed by atoms with Gasteiger partial charge in [-0.3, -0.25) is 9.69 Å². The Kier molecular flexibility index (Phi) is 5.00. The first-order valence-corrected chi connectivity index (χ1v) is 10.0. The van der Waals surface area contributed by atoms with Gasteiger partial charge in [0.15, 0.2) is 5.13 Å². The van der Waals surface area contributed by atoms with Crippen molar-refractivity contribution < 1.29 is 4.79 Å². The molecule has 0 aliphatic carbocycles. The first-order valence-electron chi connectivity index (χ1n) is 9.20. The van der Waals surface area contributed by atoms with Crippen LogP contribution < -0.4 is 5.32 Å². The number of thiazole rings is 1. The predicted molar refractivity (Wildman–Crippen MR) is 108 cm³/mol. The van der Waals surface area contributed by atoms with Gasteiger partial charge in [0, 0.05) is 24.4 Å². The van der Waals surface area contributed by atoms with E-state index in [1.54, 1.807) is 11.3 Å².